The summed E-state index contributed by atoms with van der Waals surface area (Å²) in [6.07, 6.45) is 0. The maximum atomic E-state index is 13.2. The first-order chi connectivity index (χ1) is 12.9. The molecule has 0 radical (unpaired) electrons. The third kappa shape index (κ3) is 4.47. The summed E-state index contributed by atoms with van der Waals surface area (Å²) in [6.45, 7) is 1.46. The normalized spacial score (nSPS) is 18.9. The van der Waals surface area contributed by atoms with E-state index in [9.17, 15) is 13.2 Å². The lowest BCUT2D eigenvalue weighted by Crippen LogP contribution is -2.49. The first-order valence-electron chi connectivity index (χ1n) is 8.64. The van der Waals surface area contributed by atoms with Crippen LogP contribution in [0.15, 0.2) is 59.5 Å². The number of ether oxygens (including phenoxy) is 1. The molecule has 0 spiro atoms. The van der Waals surface area contributed by atoms with Crippen molar-refractivity contribution in [3.05, 3.63) is 60.2 Å². The van der Waals surface area contributed by atoms with Crippen LogP contribution in [0.2, 0.25) is 0 Å². The Balaban J connectivity index is 1.86. The van der Waals surface area contributed by atoms with Gasteiger partial charge < -0.3 is 15.4 Å². The van der Waals surface area contributed by atoms with Crippen molar-refractivity contribution >= 4 is 15.9 Å². The van der Waals surface area contributed by atoms with E-state index in [4.69, 9.17) is 10.5 Å². The van der Waals surface area contributed by atoms with E-state index < -0.39 is 15.9 Å². The van der Waals surface area contributed by atoms with E-state index >= 15 is 0 Å². The smallest absolute Gasteiger partial charge is 0.255 e. The van der Waals surface area contributed by atoms with Gasteiger partial charge in [0.05, 0.1) is 10.9 Å². The third-order valence-electron chi connectivity index (χ3n) is 4.53. The maximum absolute atomic E-state index is 13.2. The predicted octanol–water partition coefficient (Wildman–Crippen LogP) is 1.23. The summed E-state index contributed by atoms with van der Waals surface area (Å²) in [5.41, 5.74) is 6.01. The van der Waals surface area contributed by atoms with Crippen LogP contribution in [0.5, 0.6) is 5.75 Å². The number of likely N-dealkylation sites (N-methyl/N-ethyl adjacent to an activating group) is 1. The zero-order valence-electron chi connectivity index (χ0n) is 15.1. The van der Waals surface area contributed by atoms with E-state index in [-0.39, 0.29) is 17.5 Å². The molecule has 144 valence electrons. The Morgan fingerprint density at radius 2 is 1.78 bits per heavy atom. The number of rotatable bonds is 6. The molecular formula is C19H23N3O4S. The standard InChI is InChI=1S/C19H23N3O4S/c1-21-11-12-22(18(13-21)15-5-3-2-4-6-15)27(24,25)17-9-7-16(8-10-17)26-14-19(20)23/h2-10,18H,11-14H2,1H3,(H2,20,23). The number of piperazine rings is 1. The van der Waals surface area contributed by atoms with Crippen molar-refractivity contribution in [3.8, 4) is 5.75 Å². The Labute approximate surface area is 159 Å². The number of hydrogen-bond donors (Lipinski definition) is 1. The highest BCUT2D eigenvalue weighted by Crippen LogP contribution is 2.31. The van der Waals surface area contributed by atoms with Gasteiger partial charge in [0.1, 0.15) is 5.75 Å². The molecule has 1 aliphatic heterocycles. The molecular weight excluding hydrogens is 366 g/mol. The number of carbonyl (C=O) groups excluding carboxylic acids is 1. The zero-order chi connectivity index (χ0) is 19.4. The number of hydrogen-bond acceptors (Lipinski definition) is 5. The van der Waals surface area contributed by atoms with E-state index in [0.29, 0.717) is 25.4 Å². The Hall–Kier alpha value is -2.42. The van der Waals surface area contributed by atoms with Crippen LogP contribution >= 0.6 is 0 Å². The van der Waals surface area contributed by atoms with E-state index in [1.165, 1.54) is 24.3 Å². The minimum absolute atomic E-state index is 0.194. The summed E-state index contributed by atoms with van der Waals surface area (Å²) in [7, 11) is -1.68. The van der Waals surface area contributed by atoms with Crippen LogP contribution < -0.4 is 10.5 Å². The molecule has 3 rings (SSSR count). The fourth-order valence-corrected chi connectivity index (χ4v) is 4.73. The van der Waals surface area contributed by atoms with E-state index in [1.807, 2.05) is 37.4 Å². The molecule has 1 atom stereocenters. The topological polar surface area (TPSA) is 92.9 Å². The van der Waals surface area contributed by atoms with Gasteiger partial charge in [-0.3, -0.25) is 4.79 Å². The molecule has 0 bridgehead atoms. The molecule has 0 aromatic heterocycles. The highest BCUT2D eigenvalue weighted by Gasteiger charge is 2.36. The second-order valence-corrected chi connectivity index (χ2v) is 8.42. The van der Waals surface area contributed by atoms with Crippen LogP contribution in [0.25, 0.3) is 0 Å². The van der Waals surface area contributed by atoms with Crippen molar-refractivity contribution < 1.29 is 17.9 Å². The van der Waals surface area contributed by atoms with Crippen molar-refractivity contribution in [2.45, 2.75) is 10.9 Å². The first-order valence-corrected chi connectivity index (χ1v) is 10.1. The highest BCUT2D eigenvalue weighted by atomic mass is 32.2. The van der Waals surface area contributed by atoms with Crippen molar-refractivity contribution in [2.75, 3.05) is 33.3 Å². The van der Waals surface area contributed by atoms with E-state index in [1.54, 1.807) is 4.31 Å². The molecule has 0 saturated carbocycles. The molecule has 1 fully saturated rings. The van der Waals surface area contributed by atoms with Gasteiger partial charge in [-0.25, -0.2) is 8.42 Å². The summed E-state index contributed by atoms with van der Waals surface area (Å²) in [5, 5.41) is 0. The molecule has 1 amide bonds. The minimum atomic E-state index is -3.67. The maximum Gasteiger partial charge on any atom is 0.255 e. The van der Waals surface area contributed by atoms with Gasteiger partial charge in [-0.2, -0.15) is 4.31 Å². The van der Waals surface area contributed by atoms with Crippen LogP contribution in [0.4, 0.5) is 0 Å². The number of carbonyl (C=O) groups is 1. The number of sulfonamides is 1. The summed E-state index contributed by atoms with van der Waals surface area (Å²) in [5.74, 6) is -0.194. The van der Waals surface area contributed by atoms with Gasteiger partial charge in [-0.1, -0.05) is 30.3 Å². The molecule has 0 aliphatic carbocycles. The number of primary amides is 1. The summed E-state index contributed by atoms with van der Waals surface area (Å²) >= 11 is 0. The lowest BCUT2D eigenvalue weighted by Gasteiger charge is -2.39. The van der Waals surface area contributed by atoms with Crippen molar-refractivity contribution in [2.24, 2.45) is 5.73 Å². The number of nitrogens with zero attached hydrogens (tertiary/aromatic N) is 2. The molecule has 8 heteroatoms. The first kappa shape index (κ1) is 19.3. The molecule has 1 unspecified atom stereocenters. The van der Waals surface area contributed by atoms with Gasteiger partial charge >= 0.3 is 0 Å². The lowest BCUT2D eigenvalue weighted by atomic mass is 10.1. The Morgan fingerprint density at radius 3 is 2.41 bits per heavy atom. The Bertz CT molecular complexity index is 885. The van der Waals surface area contributed by atoms with Crippen LogP contribution in [0, 0.1) is 0 Å². The van der Waals surface area contributed by atoms with Gasteiger partial charge in [-0.15, -0.1) is 0 Å². The number of nitrogens with two attached hydrogens (primary N) is 1. The van der Waals surface area contributed by atoms with E-state index in [2.05, 4.69) is 4.90 Å². The second kappa shape index (κ2) is 8.08. The molecule has 7 nitrogen and oxygen atoms in total. The fourth-order valence-electron chi connectivity index (χ4n) is 3.13. The molecule has 2 aromatic rings. The summed E-state index contributed by atoms with van der Waals surface area (Å²) in [4.78, 5) is 13.1. The molecule has 1 heterocycles. The van der Waals surface area contributed by atoms with Gasteiger partial charge in [0.15, 0.2) is 6.61 Å². The minimum Gasteiger partial charge on any atom is -0.484 e. The van der Waals surface area contributed by atoms with Crippen molar-refractivity contribution in [1.29, 1.82) is 0 Å². The van der Waals surface area contributed by atoms with Crippen LogP contribution in [0.1, 0.15) is 11.6 Å². The SMILES string of the molecule is CN1CCN(S(=O)(=O)c2ccc(OCC(N)=O)cc2)C(c2ccccc2)C1. The van der Waals surface area contributed by atoms with Crippen molar-refractivity contribution in [3.63, 3.8) is 0 Å². The Morgan fingerprint density at radius 1 is 1.11 bits per heavy atom. The number of amides is 1. The summed E-state index contributed by atoms with van der Waals surface area (Å²) in [6, 6.07) is 15.4. The summed E-state index contributed by atoms with van der Waals surface area (Å²) < 4.78 is 33.2. The molecule has 2 N–H and O–H groups in total. The van der Waals surface area contributed by atoms with Crippen LogP contribution in [-0.2, 0) is 14.8 Å². The monoisotopic (exact) mass is 389 g/mol. The Kier molecular flexibility index (Phi) is 5.79. The van der Waals surface area contributed by atoms with Gasteiger partial charge in [-0.05, 0) is 36.9 Å². The quantitative estimate of drug-likeness (QED) is 0.802. The fraction of sp³-hybridized carbons (Fsp3) is 0.316. The molecule has 1 saturated heterocycles. The van der Waals surface area contributed by atoms with Crippen LogP contribution in [-0.4, -0.2) is 56.8 Å². The number of benzene rings is 2. The average molecular weight is 389 g/mol. The average Bonchev–Trinajstić information content (AvgIpc) is 2.67. The van der Waals surface area contributed by atoms with Crippen LogP contribution in [0.3, 0.4) is 0 Å². The molecule has 27 heavy (non-hydrogen) atoms. The van der Waals surface area contributed by atoms with Gasteiger partial charge in [0.25, 0.3) is 5.91 Å². The zero-order valence-corrected chi connectivity index (χ0v) is 15.9. The van der Waals surface area contributed by atoms with E-state index in [0.717, 1.165) is 5.56 Å². The molecule has 1 aliphatic rings. The van der Waals surface area contributed by atoms with Gasteiger partial charge in [0.2, 0.25) is 10.0 Å². The van der Waals surface area contributed by atoms with Crippen molar-refractivity contribution in [1.82, 2.24) is 9.21 Å². The lowest BCUT2D eigenvalue weighted by molar-refractivity contribution is -0.119. The third-order valence-corrected chi connectivity index (χ3v) is 6.45. The predicted molar refractivity (Wildman–Crippen MR) is 102 cm³/mol. The molecule has 2 aromatic carbocycles. The highest BCUT2D eigenvalue weighted by molar-refractivity contribution is 7.89. The second-order valence-electron chi connectivity index (χ2n) is 6.53. The van der Waals surface area contributed by atoms with Gasteiger partial charge in [0, 0.05) is 19.6 Å². The largest absolute Gasteiger partial charge is 0.484 e.